The van der Waals surface area contributed by atoms with Crippen molar-refractivity contribution in [3.63, 3.8) is 0 Å². The molecule has 1 aliphatic heterocycles. The van der Waals surface area contributed by atoms with Gasteiger partial charge in [0, 0.05) is 37.7 Å². The van der Waals surface area contributed by atoms with Crippen LogP contribution in [0.4, 0.5) is 0 Å². The van der Waals surface area contributed by atoms with Gasteiger partial charge in [-0.25, -0.2) is 19.9 Å². The molecule has 4 heterocycles. The molecule has 3 aromatic heterocycles. The molecule has 0 aliphatic carbocycles. The Hall–Kier alpha value is -3.38. The Bertz CT molecular complexity index is 1230. The molecule has 1 aliphatic rings. The van der Waals surface area contributed by atoms with Crippen molar-refractivity contribution in [2.24, 2.45) is 0 Å². The maximum absolute atomic E-state index is 4.87. The van der Waals surface area contributed by atoms with Crippen LogP contribution < -0.4 is 0 Å². The zero-order valence-corrected chi connectivity index (χ0v) is 17.9. The molecule has 0 spiro atoms. The maximum atomic E-state index is 4.87. The van der Waals surface area contributed by atoms with Crippen molar-refractivity contribution >= 4 is 11.4 Å². The fourth-order valence-electron chi connectivity index (χ4n) is 3.95. The van der Waals surface area contributed by atoms with Crippen LogP contribution in [-0.2, 0) is 6.54 Å². The van der Waals surface area contributed by atoms with Crippen LogP contribution in [0.3, 0.4) is 0 Å². The highest BCUT2D eigenvalue weighted by Gasteiger charge is 2.17. The Morgan fingerprint density at radius 1 is 1.00 bits per heavy atom. The van der Waals surface area contributed by atoms with Crippen molar-refractivity contribution in [1.82, 2.24) is 29.2 Å². The van der Waals surface area contributed by atoms with E-state index in [0.29, 0.717) is 11.7 Å². The third-order valence-corrected chi connectivity index (χ3v) is 5.74. The molecule has 0 unspecified atom stereocenters. The summed E-state index contributed by atoms with van der Waals surface area (Å²) in [6.07, 6.45) is 8.92. The van der Waals surface area contributed by atoms with Crippen molar-refractivity contribution < 1.29 is 0 Å². The van der Waals surface area contributed by atoms with E-state index in [0.717, 1.165) is 49.0 Å². The normalized spacial score (nSPS) is 14.9. The third-order valence-electron chi connectivity index (χ3n) is 5.74. The van der Waals surface area contributed by atoms with Crippen LogP contribution >= 0.6 is 0 Å². The molecule has 6 heteroatoms. The third kappa shape index (κ3) is 4.11. The fraction of sp³-hybridized carbons (Fsp3) is 0.280. The van der Waals surface area contributed by atoms with Crippen molar-refractivity contribution in [1.29, 1.82) is 0 Å². The Labute approximate surface area is 182 Å². The highest BCUT2D eigenvalue weighted by Crippen LogP contribution is 2.24. The lowest BCUT2D eigenvalue weighted by Gasteiger charge is -2.25. The molecule has 0 fully saturated rings. The molecule has 0 saturated heterocycles. The van der Waals surface area contributed by atoms with E-state index in [1.165, 1.54) is 11.1 Å². The topological polar surface area (TPSA) is 59.2 Å². The van der Waals surface area contributed by atoms with Crippen LogP contribution in [0.1, 0.15) is 43.3 Å². The van der Waals surface area contributed by atoms with Gasteiger partial charge in [-0.2, -0.15) is 0 Å². The molecule has 31 heavy (non-hydrogen) atoms. The van der Waals surface area contributed by atoms with Gasteiger partial charge < -0.3 is 0 Å². The molecule has 5 rings (SSSR count). The maximum Gasteiger partial charge on any atom is 0.234 e. The molecule has 0 atom stereocenters. The zero-order valence-electron chi connectivity index (χ0n) is 17.9. The number of hydrogen-bond acceptors (Lipinski definition) is 5. The van der Waals surface area contributed by atoms with Gasteiger partial charge in [-0.15, -0.1) is 0 Å². The molecule has 0 saturated carbocycles. The van der Waals surface area contributed by atoms with E-state index in [4.69, 9.17) is 4.98 Å². The van der Waals surface area contributed by atoms with Gasteiger partial charge in [-0.1, -0.05) is 50.3 Å². The lowest BCUT2D eigenvalue weighted by Crippen LogP contribution is -2.28. The van der Waals surface area contributed by atoms with Crippen LogP contribution in [0.5, 0.6) is 0 Å². The zero-order chi connectivity index (χ0) is 21.2. The molecule has 156 valence electrons. The predicted octanol–water partition coefficient (Wildman–Crippen LogP) is 4.60. The number of imidazole rings is 1. The van der Waals surface area contributed by atoms with Gasteiger partial charge in [0.05, 0.1) is 17.6 Å². The summed E-state index contributed by atoms with van der Waals surface area (Å²) in [5.74, 6) is 1.88. The molecule has 6 nitrogen and oxygen atoms in total. The highest BCUT2D eigenvalue weighted by molar-refractivity contribution is 5.65. The van der Waals surface area contributed by atoms with Crippen molar-refractivity contribution in [3.8, 4) is 11.4 Å². The molecule has 0 bridgehead atoms. The second kappa shape index (κ2) is 8.40. The molecule has 0 amide bonds. The summed E-state index contributed by atoms with van der Waals surface area (Å²) in [5, 5.41) is 0. The molecule has 4 aromatic rings. The van der Waals surface area contributed by atoms with Gasteiger partial charge in [0.1, 0.15) is 0 Å². The number of nitrogens with zero attached hydrogens (tertiary/aromatic N) is 6. The van der Waals surface area contributed by atoms with Crippen molar-refractivity contribution in [3.05, 3.63) is 84.2 Å². The van der Waals surface area contributed by atoms with E-state index >= 15 is 0 Å². The number of rotatable bonds is 5. The summed E-state index contributed by atoms with van der Waals surface area (Å²) in [7, 11) is 0. The van der Waals surface area contributed by atoms with Crippen molar-refractivity contribution in [2.75, 3.05) is 13.1 Å². The molecule has 0 N–H and O–H groups in total. The first-order chi connectivity index (χ1) is 15.2. The van der Waals surface area contributed by atoms with E-state index in [1.807, 2.05) is 29.1 Å². The van der Waals surface area contributed by atoms with E-state index in [1.54, 1.807) is 0 Å². The first-order valence-corrected chi connectivity index (χ1v) is 10.8. The minimum Gasteiger partial charge on any atom is -0.295 e. The van der Waals surface area contributed by atoms with Crippen LogP contribution in [-0.4, -0.2) is 42.3 Å². The lowest BCUT2D eigenvalue weighted by atomic mass is 10.1. The van der Waals surface area contributed by atoms with Crippen LogP contribution in [0, 0.1) is 0 Å². The van der Waals surface area contributed by atoms with Crippen LogP contribution in [0.25, 0.3) is 22.7 Å². The fourth-order valence-corrected chi connectivity index (χ4v) is 3.95. The second-order valence-electron chi connectivity index (χ2n) is 8.29. The van der Waals surface area contributed by atoms with Gasteiger partial charge in [0.25, 0.3) is 0 Å². The Kier molecular flexibility index (Phi) is 5.30. The first kappa shape index (κ1) is 19.6. The summed E-state index contributed by atoms with van der Waals surface area (Å²) in [5.41, 5.74) is 5.40. The lowest BCUT2D eigenvalue weighted by molar-refractivity contribution is 0.293. The summed E-state index contributed by atoms with van der Waals surface area (Å²) in [4.78, 5) is 21.0. The highest BCUT2D eigenvalue weighted by atomic mass is 15.1. The largest absolute Gasteiger partial charge is 0.295 e. The number of benzene rings is 1. The van der Waals surface area contributed by atoms with E-state index in [-0.39, 0.29) is 0 Å². The summed E-state index contributed by atoms with van der Waals surface area (Å²) in [6, 6.07) is 14.6. The van der Waals surface area contributed by atoms with Crippen LogP contribution in [0.2, 0.25) is 0 Å². The average Bonchev–Trinajstić information content (AvgIpc) is 3.24. The summed E-state index contributed by atoms with van der Waals surface area (Å²) in [6.45, 7) is 7.16. The Morgan fingerprint density at radius 3 is 2.65 bits per heavy atom. The van der Waals surface area contributed by atoms with E-state index < -0.39 is 0 Å². The summed E-state index contributed by atoms with van der Waals surface area (Å²) >= 11 is 0. The number of hydrogen-bond donors (Lipinski definition) is 0. The van der Waals surface area contributed by atoms with E-state index in [9.17, 15) is 0 Å². The molecule has 1 aromatic carbocycles. The molecular formula is C25H26N6. The summed E-state index contributed by atoms with van der Waals surface area (Å²) < 4.78 is 1.99. The molecular weight excluding hydrogens is 384 g/mol. The quantitative estimate of drug-likeness (QED) is 0.481. The van der Waals surface area contributed by atoms with Gasteiger partial charge in [0.15, 0.2) is 5.82 Å². The minimum atomic E-state index is 0.371. The first-order valence-electron chi connectivity index (χ1n) is 10.8. The SMILES string of the molecule is CC(C)c1ccn2c(-c3ccnc(C4=CCN(Cc5ccccc5)CC4)n3)cnc2n1. The average molecular weight is 411 g/mol. The van der Waals surface area contributed by atoms with Crippen LogP contribution in [0.15, 0.2) is 67.1 Å². The number of fused-ring (bicyclic) bond motifs is 1. The predicted molar refractivity (Wildman–Crippen MR) is 122 cm³/mol. The second-order valence-corrected chi connectivity index (χ2v) is 8.29. The van der Waals surface area contributed by atoms with Crippen molar-refractivity contribution in [2.45, 2.75) is 32.7 Å². The standard InChI is InChI=1S/C25H26N6/c1-18(2)21-11-15-31-23(16-27-25(31)29-21)22-8-12-26-24(28-22)20-9-13-30(14-10-20)17-19-6-4-3-5-7-19/h3-9,11-12,15-16,18H,10,13-14,17H2,1-2H3. The van der Waals surface area contributed by atoms with Gasteiger partial charge in [0.2, 0.25) is 5.78 Å². The minimum absolute atomic E-state index is 0.371. The Balaban J connectivity index is 1.37. The van der Waals surface area contributed by atoms with Gasteiger partial charge >= 0.3 is 0 Å². The Morgan fingerprint density at radius 2 is 1.87 bits per heavy atom. The van der Waals surface area contributed by atoms with Gasteiger partial charge in [-0.05, 0) is 35.6 Å². The molecule has 0 radical (unpaired) electrons. The monoisotopic (exact) mass is 410 g/mol. The smallest absolute Gasteiger partial charge is 0.234 e. The number of aromatic nitrogens is 5. The van der Waals surface area contributed by atoms with E-state index in [2.05, 4.69) is 76.2 Å². The van der Waals surface area contributed by atoms with Gasteiger partial charge in [-0.3, -0.25) is 9.30 Å².